The molecule has 0 fully saturated rings. The maximum Gasteiger partial charge on any atom is 0.234 e. The van der Waals surface area contributed by atoms with Crippen LogP contribution in [-0.2, 0) is 6.42 Å². The molecule has 0 spiro atoms. The number of hydrogen-bond acceptors (Lipinski definition) is 2. The molecule has 0 aliphatic carbocycles. The third-order valence-electron chi connectivity index (χ3n) is 3.82. The van der Waals surface area contributed by atoms with E-state index in [-0.39, 0.29) is 0 Å². The lowest BCUT2D eigenvalue weighted by Gasteiger charge is -2.10. The van der Waals surface area contributed by atoms with Gasteiger partial charge in [0.15, 0.2) is 0 Å². The minimum absolute atomic E-state index is 0.727. The molecule has 0 N–H and O–H groups in total. The van der Waals surface area contributed by atoms with Gasteiger partial charge in [-0.2, -0.15) is 0 Å². The van der Waals surface area contributed by atoms with Gasteiger partial charge in [-0.15, -0.1) is 0 Å². The van der Waals surface area contributed by atoms with Crippen molar-refractivity contribution in [2.45, 2.75) is 27.2 Å². The second-order valence-corrected chi connectivity index (χ2v) is 6.36. The lowest BCUT2D eigenvalue weighted by molar-refractivity contribution is 1.05. The molecule has 0 saturated carbocycles. The van der Waals surface area contributed by atoms with E-state index in [1.165, 1.54) is 5.56 Å². The van der Waals surface area contributed by atoms with Crippen molar-refractivity contribution in [1.29, 1.82) is 0 Å². The molecule has 0 saturated heterocycles. The summed E-state index contributed by atoms with van der Waals surface area (Å²) in [6.07, 6.45) is 4.76. The molecule has 3 aromatic rings. The third-order valence-corrected chi connectivity index (χ3v) is 4.68. The van der Waals surface area contributed by atoms with Gasteiger partial charge in [-0.25, -0.2) is 9.97 Å². The first kappa shape index (κ1) is 15.0. The zero-order chi connectivity index (χ0) is 15.9. The molecule has 0 radical (unpaired) electrons. The maximum atomic E-state index is 4.64. The average Bonchev–Trinajstić information content (AvgIpc) is 2.87. The summed E-state index contributed by atoms with van der Waals surface area (Å²) >= 11 is 3.60. The summed E-state index contributed by atoms with van der Waals surface area (Å²) in [5.41, 5.74) is 6.45. The van der Waals surface area contributed by atoms with Gasteiger partial charge in [0, 0.05) is 22.4 Å². The highest BCUT2D eigenvalue weighted by Crippen LogP contribution is 2.29. The first-order valence-corrected chi connectivity index (χ1v) is 8.10. The van der Waals surface area contributed by atoms with E-state index in [4.69, 9.17) is 0 Å². The van der Waals surface area contributed by atoms with E-state index >= 15 is 0 Å². The Balaban J connectivity index is 2.21. The van der Waals surface area contributed by atoms with Crippen LogP contribution >= 0.6 is 15.9 Å². The largest absolute Gasteiger partial charge is 0.283 e. The summed E-state index contributed by atoms with van der Waals surface area (Å²) in [4.78, 5) is 9.06. The fraction of sp³-hybridized carbons (Fsp3) is 0.222. The van der Waals surface area contributed by atoms with E-state index in [1.54, 1.807) is 0 Å². The van der Waals surface area contributed by atoms with Crippen molar-refractivity contribution >= 4 is 27.3 Å². The predicted molar refractivity (Wildman–Crippen MR) is 94.1 cm³/mol. The van der Waals surface area contributed by atoms with Crippen LogP contribution in [0, 0.1) is 13.8 Å². The number of rotatable bonds is 3. The Bertz CT molecular complexity index is 877. The second-order valence-electron chi connectivity index (χ2n) is 5.50. The highest BCUT2D eigenvalue weighted by molar-refractivity contribution is 9.10. The fourth-order valence-electron chi connectivity index (χ4n) is 2.56. The predicted octanol–water partition coefficient (Wildman–Crippen LogP) is 4.73. The summed E-state index contributed by atoms with van der Waals surface area (Å²) in [5.74, 6) is 0.727. The highest BCUT2D eigenvalue weighted by atomic mass is 79.9. The highest BCUT2D eigenvalue weighted by Gasteiger charge is 2.16. The molecule has 22 heavy (non-hydrogen) atoms. The van der Waals surface area contributed by atoms with Gasteiger partial charge in [-0.1, -0.05) is 41.6 Å². The molecule has 112 valence electrons. The van der Waals surface area contributed by atoms with Gasteiger partial charge in [0.25, 0.3) is 0 Å². The van der Waals surface area contributed by atoms with E-state index in [0.29, 0.717) is 0 Å². The first-order chi connectivity index (χ1) is 10.5. The van der Waals surface area contributed by atoms with E-state index < -0.39 is 0 Å². The third kappa shape index (κ3) is 2.48. The van der Waals surface area contributed by atoms with Crippen LogP contribution in [0.15, 0.2) is 41.6 Å². The summed E-state index contributed by atoms with van der Waals surface area (Å²) in [7, 11) is 0. The van der Waals surface area contributed by atoms with Crippen molar-refractivity contribution in [3.05, 3.63) is 69.7 Å². The van der Waals surface area contributed by atoms with Crippen LogP contribution in [0.5, 0.6) is 0 Å². The standard InChI is InChI=1S/C18H18BrN3/c1-5-16-17(22-10-11(2)9-20-18(22)21-16)13(4)14-7-6-12(3)15(19)8-14/h6-10H,4-5H2,1-3H3. The zero-order valence-corrected chi connectivity index (χ0v) is 14.6. The van der Waals surface area contributed by atoms with Crippen molar-refractivity contribution < 1.29 is 0 Å². The molecular formula is C18H18BrN3. The van der Waals surface area contributed by atoms with Crippen LogP contribution in [0.25, 0.3) is 11.4 Å². The van der Waals surface area contributed by atoms with Gasteiger partial charge >= 0.3 is 0 Å². The minimum atomic E-state index is 0.727. The molecule has 3 rings (SSSR count). The van der Waals surface area contributed by atoms with E-state index in [0.717, 1.165) is 44.8 Å². The fourth-order valence-corrected chi connectivity index (χ4v) is 2.94. The smallest absolute Gasteiger partial charge is 0.234 e. The van der Waals surface area contributed by atoms with Gasteiger partial charge in [-0.05, 0) is 43.0 Å². The number of nitrogens with zero attached hydrogens (tertiary/aromatic N) is 3. The average molecular weight is 356 g/mol. The Morgan fingerprint density at radius 3 is 2.77 bits per heavy atom. The van der Waals surface area contributed by atoms with Crippen LogP contribution in [-0.4, -0.2) is 14.4 Å². The summed E-state index contributed by atoms with van der Waals surface area (Å²) < 4.78 is 3.14. The van der Waals surface area contributed by atoms with E-state index in [2.05, 4.69) is 70.7 Å². The number of benzene rings is 1. The van der Waals surface area contributed by atoms with Crippen molar-refractivity contribution in [2.75, 3.05) is 0 Å². The van der Waals surface area contributed by atoms with Crippen LogP contribution in [0.1, 0.15) is 35.0 Å². The number of halogens is 1. The summed E-state index contributed by atoms with van der Waals surface area (Å²) in [6, 6.07) is 6.31. The normalized spacial score (nSPS) is 11.1. The zero-order valence-electron chi connectivity index (χ0n) is 13.0. The molecule has 0 bridgehead atoms. The number of aromatic nitrogens is 3. The molecule has 3 nitrogen and oxygen atoms in total. The maximum absolute atomic E-state index is 4.64. The second kappa shape index (κ2) is 5.69. The van der Waals surface area contributed by atoms with Gasteiger partial charge in [-0.3, -0.25) is 4.40 Å². The molecule has 1 aromatic carbocycles. The number of fused-ring (bicyclic) bond motifs is 1. The van der Waals surface area contributed by atoms with Crippen molar-refractivity contribution in [3.63, 3.8) is 0 Å². The number of aryl methyl sites for hydroxylation is 3. The quantitative estimate of drug-likeness (QED) is 0.679. The van der Waals surface area contributed by atoms with E-state index in [9.17, 15) is 0 Å². The van der Waals surface area contributed by atoms with Gasteiger partial charge in [0.1, 0.15) is 0 Å². The minimum Gasteiger partial charge on any atom is -0.283 e. The first-order valence-electron chi connectivity index (χ1n) is 7.30. The molecule has 0 unspecified atom stereocenters. The Labute approximate surface area is 138 Å². The Hall–Kier alpha value is -1.94. The Kier molecular flexibility index (Phi) is 3.87. The van der Waals surface area contributed by atoms with Gasteiger partial charge < -0.3 is 0 Å². The Morgan fingerprint density at radius 1 is 1.32 bits per heavy atom. The molecule has 0 amide bonds. The van der Waals surface area contributed by atoms with Crippen molar-refractivity contribution in [3.8, 4) is 0 Å². The molecule has 2 heterocycles. The molecule has 0 aliphatic heterocycles. The van der Waals surface area contributed by atoms with Crippen LogP contribution in [0.4, 0.5) is 0 Å². The topological polar surface area (TPSA) is 30.2 Å². The SMILES string of the molecule is C=C(c1ccc(C)c(Br)c1)c1c(CC)nc2ncc(C)cn12. The van der Waals surface area contributed by atoms with Gasteiger partial charge in [0.2, 0.25) is 5.78 Å². The summed E-state index contributed by atoms with van der Waals surface area (Å²) in [6.45, 7) is 10.5. The number of hydrogen-bond donors (Lipinski definition) is 0. The summed E-state index contributed by atoms with van der Waals surface area (Å²) in [5, 5.41) is 0. The lowest BCUT2D eigenvalue weighted by Crippen LogP contribution is -1.98. The van der Waals surface area contributed by atoms with Crippen molar-refractivity contribution in [2.24, 2.45) is 0 Å². The van der Waals surface area contributed by atoms with Gasteiger partial charge in [0.05, 0.1) is 11.4 Å². The monoisotopic (exact) mass is 355 g/mol. The van der Waals surface area contributed by atoms with E-state index in [1.807, 2.05) is 17.5 Å². The lowest BCUT2D eigenvalue weighted by atomic mass is 10.0. The molecule has 0 atom stereocenters. The van der Waals surface area contributed by atoms with Crippen molar-refractivity contribution in [1.82, 2.24) is 14.4 Å². The molecule has 0 aliphatic rings. The molecule has 4 heteroatoms. The Morgan fingerprint density at radius 2 is 2.09 bits per heavy atom. The van der Waals surface area contributed by atoms with Crippen LogP contribution in [0.2, 0.25) is 0 Å². The van der Waals surface area contributed by atoms with Crippen LogP contribution < -0.4 is 0 Å². The molecule has 2 aromatic heterocycles. The number of imidazole rings is 1. The molecular weight excluding hydrogens is 338 g/mol. The van der Waals surface area contributed by atoms with Crippen LogP contribution in [0.3, 0.4) is 0 Å².